The molecular weight excluding hydrogens is 418 g/mol. The highest BCUT2D eigenvalue weighted by Crippen LogP contribution is 2.27. The van der Waals surface area contributed by atoms with Crippen molar-refractivity contribution in [3.05, 3.63) is 59.1 Å². The van der Waals surface area contributed by atoms with Crippen molar-refractivity contribution in [3.8, 4) is 11.1 Å². The molecule has 0 bridgehead atoms. The van der Waals surface area contributed by atoms with Crippen molar-refractivity contribution in [1.82, 2.24) is 5.32 Å². The molecule has 0 heterocycles. The molecule has 0 aliphatic carbocycles. The van der Waals surface area contributed by atoms with Crippen LogP contribution in [0.3, 0.4) is 0 Å². The first-order valence-corrected chi connectivity index (χ1v) is 10.5. The van der Waals surface area contributed by atoms with Gasteiger partial charge < -0.3 is 20.3 Å². The van der Waals surface area contributed by atoms with Crippen LogP contribution in [0.15, 0.2) is 48.5 Å². The van der Waals surface area contributed by atoms with Crippen LogP contribution >= 0.6 is 11.6 Å². The van der Waals surface area contributed by atoms with Crippen molar-refractivity contribution >= 4 is 23.7 Å². The number of aliphatic hydroxyl groups is 1. The van der Waals surface area contributed by atoms with E-state index in [9.17, 15) is 19.8 Å². The number of aliphatic carboxylic acids is 1. The third-order valence-electron chi connectivity index (χ3n) is 4.88. The highest BCUT2D eigenvalue weighted by atomic mass is 35.5. The van der Waals surface area contributed by atoms with E-state index in [0.29, 0.717) is 11.4 Å². The molecule has 0 aromatic heterocycles. The molecule has 2 rings (SSSR count). The van der Waals surface area contributed by atoms with Gasteiger partial charge in [0.15, 0.2) is 0 Å². The van der Waals surface area contributed by atoms with E-state index < -0.39 is 35.7 Å². The molecule has 7 heteroatoms. The fourth-order valence-electron chi connectivity index (χ4n) is 3.20. The van der Waals surface area contributed by atoms with Crippen molar-refractivity contribution < 1.29 is 24.5 Å². The normalized spacial score (nSPS) is 14.4. The Morgan fingerprint density at radius 2 is 1.71 bits per heavy atom. The van der Waals surface area contributed by atoms with Gasteiger partial charge in [-0.2, -0.15) is 0 Å². The number of nitrogens with one attached hydrogen (secondary N) is 1. The largest absolute Gasteiger partial charge is 0.481 e. The molecule has 2 unspecified atom stereocenters. The van der Waals surface area contributed by atoms with Crippen LogP contribution in [0, 0.1) is 5.41 Å². The molecule has 6 nitrogen and oxygen atoms in total. The number of carbonyl (C=O) groups excluding carboxylic acids is 1. The first-order valence-electron chi connectivity index (χ1n) is 10.1. The summed E-state index contributed by atoms with van der Waals surface area (Å²) in [7, 11) is 0. The van der Waals surface area contributed by atoms with Crippen LogP contribution in [0.1, 0.15) is 39.7 Å². The van der Waals surface area contributed by atoms with Crippen LogP contribution in [0.4, 0.5) is 4.79 Å². The van der Waals surface area contributed by atoms with Crippen molar-refractivity contribution in [3.63, 3.8) is 0 Å². The summed E-state index contributed by atoms with van der Waals surface area (Å²) in [6.07, 6.45) is -0.190. The molecule has 2 aromatic carbocycles. The van der Waals surface area contributed by atoms with Crippen LogP contribution in [0.2, 0.25) is 5.02 Å². The number of alkyl carbamates (subject to hydrolysis) is 1. The van der Waals surface area contributed by atoms with Gasteiger partial charge in [0.25, 0.3) is 0 Å². The third-order valence-corrected chi connectivity index (χ3v) is 5.11. The van der Waals surface area contributed by atoms with Crippen molar-refractivity contribution in [1.29, 1.82) is 0 Å². The van der Waals surface area contributed by atoms with Gasteiger partial charge in [0.1, 0.15) is 5.60 Å². The van der Waals surface area contributed by atoms with Crippen molar-refractivity contribution in [2.75, 3.05) is 6.61 Å². The number of rotatable bonds is 8. The molecule has 0 saturated heterocycles. The molecule has 0 fully saturated rings. The maximum absolute atomic E-state index is 12.3. The van der Waals surface area contributed by atoms with Gasteiger partial charge in [-0.15, -0.1) is 0 Å². The van der Waals surface area contributed by atoms with Gasteiger partial charge in [0.05, 0.1) is 12.0 Å². The van der Waals surface area contributed by atoms with Crippen LogP contribution < -0.4 is 5.32 Å². The summed E-state index contributed by atoms with van der Waals surface area (Å²) in [5.74, 6) is -1.12. The summed E-state index contributed by atoms with van der Waals surface area (Å²) in [6, 6.07) is 14.8. The van der Waals surface area contributed by atoms with Gasteiger partial charge in [0, 0.05) is 11.1 Å². The zero-order valence-corrected chi connectivity index (χ0v) is 19.1. The minimum absolute atomic E-state index is 0.0497. The predicted molar refractivity (Wildman–Crippen MR) is 121 cm³/mol. The number of hydrogen-bond acceptors (Lipinski definition) is 4. The smallest absolute Gasteiger partial charge is 0.407 e. The fraction of sp³-hybridized carbons (Fsp3) is 0.417. The number of aliphatic hydroxyl groups excluding tert-OH is 1. The lowest BCUT2D eigenvalue weighted by Gasteiger charge is -2.29. The Kier molecular flexibility index (Phi) is 8.09. The summed E-state index contributed by atoms with van der Waals surface area (Å²) in [6.45, 7) is 6.19. The van der Waals surface area contributed by atoms with Gasteiger partial charge in [-0.3, -0.25) is 4.79 Å². The van der Waals surface area contributed by atoms with E-state index in [0.717, 1.165) is 16.7 Å². The Labute approximate surface area is 188 Å². The maximum Gasteiger partial charge on any atom is 0.407 e. The summed E-state index contributed by atoms with van der Waals surface area (Å²) >= 11 is 6.07. The topological polar surface area (TPSA) is 95.9 Å². The number of amides is 1. The second-order valence-electron chi connectivity index (χ2n) is 8.98. The lowest BCUT2D eigenvalue weighted by Crippen LogP contribution is -2.45. The summed E-state index contributed by atoms with van der Waals surface area (Å²) in [4.78, 5) is 24.0. The van der Waals surface area contributed by atoms with E-state index in [2.05, 4.69) is 5.32 Å². The van der Waals surface area contributed by atoms with E-state index in [4.69, 9.17) is 16.3 Å². The van der Waals surface area contributed by atoms with Gasteiger partial charge in [-0.05, 0) is 69.4 Å². The van der Waals surface area contributed by atoms with Crippen LogP contribution in [-0.2, 0) is 16.0 Å². The van der Waals surface area contributed by atoms with Gasteiger partial charge in [-0.1, -0.05) is 48.0 Å². The van der Waals surface area contributed by atoms with Gasteiger partial charge >= 0.3 is 12.1 Å². The minimum atomic E-state index is -1.39. The quantitative estimate of drug-likeness (QED) is 0.534. The average Bonchev–Trinajstić information content (AvgIpc) is 2.66. The number of ether oxygens (including phenoxy) is 1. The molecule has 2 aromatic rings. The number of halogens is 1. The third kappa shape index (κ3) is 7.56. The molecule has 0 spiro atoms. The molecule has 0 saturated carbocycles. The first kappa shape index (κ1) is 24.7. The second-order valence-corrected chi connectivity index (χ2v) is 9.42. The van der Waals surface area contributed by atoms with E-state index in [1.54, 1.807) is 20.8 Å². The monoisotopic (exact) mass is 447 g/mol. The molecule has 3 N–H and O–H groups in total. The average molecular weight is 448 g/mol. The number of carbonyl (C=O) groups is 2. The number of hydrogen-bond donors (Lipinski definition) is 3. The standard InChI is InChI=1S/C24H30ClNO5/c1-23(2,3)31-22(30)26-20(14-24(4,15-27)21(28)29)12-16-8-10-17(11-9-16)18-6-5-7-19(25)13-18/h5-11,13,20,27H,12,14-15H2,1-4H3,(H,26,30)(H,28,29). The highest BCUT2D eigenvalue weighted by Gasteiger charge is 2.36. The zero-order valence-electron chi connectivity index (χ0n) is 18.3. The van der Waals surface area contributed by atoms with Gasteiger partial charge in [0.2, 0.25) is 0 Å². The molecule has 0 radical (unpaired) electrons. The molecule has 0 aliphatic rings. The van der Waals surface area contributed by atoms with Crippen LogP contribution in [0.25, 0.3) is 11.1 Å². The molecule has 168 valence electrons. The Bertz CT molecular complexity index is 907. The van der Waals surface area contributed by atoms with E-state index in [-0.39, 0.29) is 6.42 Å². The molecule has 0 aliphatic heterocycles. The Morgan fingerprint density at radius 3 is 2.23 bits per heavy atom. The predicted octanol–water partition coefficient (Wildman–Crippen LogP) is 4.92. The Morgan fingerprint density at radius 1 is 1.06 bits per heavy atom. The molecule has 2 atom stereocenters. The van der Waals surface area contributed by atoms with Crippen molar-refractivity contribution in [2.24, 2.45) is 5.41 Å². The molecule has 1 amide bonds. The number of carboxylic acids is 1. The molecule has 31 heavy (non-hydrogen) atoms. The van der Waals surface area contributed by atoms with E-state index in [1.165, 1.54) is 6.92 Å². The maximum atomic E-state index is 12.3. The second kappa shape index (κ2) is 10.2. The summed E-state index contributed by atoms with van der Waals surface area (Å²) < 4.78 is 5.33. The highest BCUT2D eigenvalue weighted by molar-refractivity contribution is 6.30. The first-order chi connectivity index (χ1) is 14.4. The van der Waals surface area contributed by atoms with Crippen molar-refractivity contribution in [2.45, 2.75) is 52.2 Å². The Balaban J connectivity index is 2.21. The summed E-state index contributed by atoms with van der Waals surface area (Å²) in [5, 5.41) is 22.6. The molecular formula is C24H30ClNO5. The summed E-state index contributed by atoms with van der Waals surface area (Å²) in [5.41, 5.74) is 0.827. The van der Waals surface area contributed by atoms with Crippen LogP contribution in [-0.4, -0.2) is 40.5 Å². The lowest BCUT2D eigenvalue weighted by atomic mass is 9.82. The van der Waals surface area contributed by atoms with Gasteiger partial charge in [-0.25, -0.2) is 4.79 Å². The SMILES string of the molecule is CC(C)(C)OC(=O)NC(Cc1ccc(-c2cccc(Cl)c2)cc1)CC(C)(CO)C(=O)O. The fourth-order valence-corrected chi connectivity index (χ4v) is 3.39. The number of carboxylic acid groups (broad SMARTS) is 1. The Hall–Kier alpha value is -2.57. The number of benzene rings is 2. The van der Waals surface area contributed by atoms with E-state index in [1.807, 2.05) is 48.5 Å². The van der Waals surface area contributed by atoms with Crippen LogP contribution in [0.5, 0.6) is 0 Å². The lowest BCUT2D eigenvalue weighted by molar-refractivity contribution is -0.151. The minimum Gasteiger partial charge on any atom is -0.481 e. The van der Waals surface area contributed by atoms with E-state index >= 15 is 0 Å². The zero-order chi connectivity index (χ0) is 23.2.